The molecule has 0 aliphatic heterocycles. The quantitative estimate of drug-likeness (QED) is 0.320. The van der Waals surface area contributed by atoms with Crippen molar-refractivity contribution in [3.05, 3.63) is 88.0 Å². The molecule has 10 heteroatoms. The fourth-order valence-electron chi connectivity index (χ4n) is 3.36. The van der Waals surface area contributed by atoms with Gasteiger partial charge in [0.1, 0.15) is 29.9 Å². The van der Waals surface area contributed by atoms with Crippen LogP contribution in [0.2, 0.25) is 0 Å². The second-order valence-corrected chi connectivity index (χ2v) is 7.03. The van der Waals surface area contributed by atoms with Crippen LogP contribution in [0.25, 0.3) is 0 Å². The van der Waals surface area contributed by atoms with Crippen LogP contribution in [0.5, 0.6) is 0 Å². The zero-order valence-corrected chi connectivity index (χ0v) is 16.4. The van der Waals surface area contributed by atoms with Crippen LogP contribution in [0.1, 0.15) is 11.1 Å². The van der Waals surface area contributed by atoms with Crippen molar-refractivity contribution < 1.29 is 18.8 Å². The topological polar surface area (TPSA) is 97.3 Å². The van der Waals surface area contributed by atoms with Crippen molar-refractivity contribution in [2.75, 3.05) is 13.1 Å². The van der Waals surface area contributed by atoms with Crippen molar-refractivity contribution in [3.8, 4) is 12.3 Å². The Morgan fingerprint density at radius 2 is 2.10 bits per heavy atom. The Hall–Kier alpha value is -3.68. The largest absolute Gasteiger partial charge is 0.382 e. The Balaban J connectivity index is 1.94. The van der Waals surface area contributed by atoms with E-state index in [9.17, 15) is 24.0 Å². The second kappa shape index (κ2) is 9.42. The lowest BCUT2D eigenvalue weighted by atomic mass is 9.92. The van der Waals surface area contributed by atoms with Gasteiger partial charge in [0.25, 0.3) is 5.69 Å². The van der Waals surface area contributed by atoms with Gasteiger partial charge in [-0.05, 0) is 11.6 Å². The SMILES string of the molecule is C#CCN(Cc1cccc([N+](=O)[O-])c1)CC(O)(Cn1cncn1)c1ccc(F)cc1F. The van der Waals surface area contributed by atoms with E-state index < -0.39 is 22.2 Å². The highest BCUT2D eigenvalue weighted by molar-refractivity contribution is 5.34. The van der Waals surface area contributed by atoms with E-state index in [0.717, 1.165) is 6.07 Å². The first-order chi connectivity index (χ1) is 14.8. The summed E-state index contributed by atoms with van der Waals surface area (Å²) in [6.45, 7) is -0.0899. The molecule has 0 saturated heterocycles. The summed E-state index contributed by atoms with van der Waals surface area (Å²) in [6, 6.07) is 8.91. The van der Waals surface area contributed by atoms with Crippen molar-refractivity contribution in [3.63, 3.8) is 0 Å². The number of aromatic nitrogens is 3. The first kappa shape index (κ1) is 22.0. The Morgan fingerprint density at radius 3 is 2.74 bits per heavy atom. The van der Waals surface area contributed by atoms with Crippen LogP contribution in [-0.4, -0.2) is 42.8 Å². The van der Waals surface area contributed by atoms with Gasteiger partial charge in [-0.1, -0.05) is 24.1 Å². The zero-order valence-electron chi connectivity index (χ0n) is 16.4. The van der Waals surface area contributed by atoms with Gasteiger partial charge in [-0.2, -0.15) is 5.10 Å². The number of nitro benzene ring substituents is 1. The van der Waals surface area contributed by atoms with E-state index in [1.165, 1.54) is 35.5 Å². The standard InChI is InChI=1S/C21H19F2N5O3/c1-2-8-26(11-16-4-3-5-18(9-16)28(30)31)12-21(29,13-27-15-24-14-25-27)19-7-6-17(22)10-20(19)23/h1,3-7,9-10,14-15,29H,8,11-13H2. The third kappa shape index (κ3) is 5.48. The molecule has 1 N–H and O–H groups in total. The summed E-state index contributed by atoms with van der Waals surface area (Å²) in [5, 5.41) is 26.5. The molecule has 3 aromatic rings. The Labute approximate surface area is 176 Å². The summed E-state index contributed by atoms with van der Waals surface area (Å²) in [4.78, 5) is 16.0. The number of hydrogen-bond acceptors (Lipinski definition) is 6. The summed E-state index contributed by atoms with van der Waals surface area (Å²) in [5.41, 5.74) is -1.47. The van der Waals surface area contributed by atoms with Crippen molar-refractivity contribution in [2.45, 2.75) is 18.7 Å². The van der Waals surface area contributed by atoms with Crippen LogP contribution in [-0.2, 0) is 18.7 Å². The predicted molar refractivity (Wildman–Crippen MR) is 107 cm³/mol. The second-order valence-electron chi connectivity index (χ2n) is 7.03. The maximum atomic E-state index is 14.6. The van der Waals surface area contributed by atoms with Gasteiger partial charge in [-0.25, -0.2) is 18.4 Å². The highest BCUT2D eigenvalue weighted by Crippen LogP contribution is 2.28. The molecule has 1 aromatic heterocycles. The lowest BCUT2D eigenvalue weighted by Gasteiger charge is -2.34. The summed E-state index contributed by atoms with van der Waals surface area (Å²) in [6.07, 6.45) is 8.10. The maximum Gasteiger partial charge on any atom is 0.269 e. The Kier molecular flexibility index (Phi) is 6.69. The fourth-order valence-corrected chi connectivity index (χ4v) is 3.36. The maximum absolute atomic E-state index is 14.6. The predicted octanol–water partition coefficient (Wildman–Crippen LogP) is 2.49. The smallest absolute Gasteiger partial charge is 0.269 e. The number of rotatable bonds is 9. The normalized spacial score (nSPS) is 13.0. The summed E-state index contributed by atoms with van der Waals surface area (Å²) >= 11 is 0. The Morgan fingerprint density at radius 1 is 1.29 bits per heavy atom. The number of nitro groups is 1. The zero-order chi connectivity index (χ0) is 22.4. The number of aliphatic hydroxyl groups is 1. The monoisotopic (exact) mass is 427 g/mol. The van der Waals surface area contributed by atoms with E-state index in [4.69, 9.17) is 6.42 Å². The molecule has 0 aliphatic rings. The van der Waals surface area contributed by atoms with Crippen molar-refractivity contribution >= 4 is 5.69 Å². The molecular formula is C21H19F2N5O3. The molecule has 0 fully saturated rings. The molecule has 0 spiro atoms. The Bertz CT molecular complexity index is 1100. The number of hydrogen-bond donors (Lipinski definition) is 1. The highest BCUT2D eigenvalue weighted by Gasteiger charge is 2.35. The average molecular weight is 427 g/mol. The van der Waals surface area contributed by atoms with Gasteiger partial charge in [0.05, 0.1) is 18.0 Å². The molecule has 1 heterocycles. The summed E-state index contributed by atoms with van der Waals surface area (Å²) < 4.78 is 29.4. The first-order valence-electron chi connectivity index (χ1n) is 9.20. The molecule has 1 unspecified atom stereocenters. The molecule has 0 bridgehead atoms. The van der Waals surface area contributed by atoms with Crippen molar-refractivity contribution in [1.82, 2.24) is 19.7 Å². The van der Waals surface area contributed by atoms with Crippen LogP contribution in [0.3, 0.4) is 0 Å². The van der Waals surface area contributed by atoms with Crippen LogP contribution in [0.4, 0.5) is 14.5 Å². The summed E-state index contributed by atoms with van der Waals surface area (Å²) in [5.74, 6) is 0.780. The van der Waals surface area contributed by atoms with Gasteiger partial charge in [0, 0.05) is 36.9 Å². The lowest BCUT2D eigenvalue weighted by Crippen LogP contribution is -2.44. The van der Waals surface area contributed by atoms with Crippen LogP contribution >= 0.6 is 0 Å². The van der Waals surface area contributed by atoms with E-state index in [1.54, 1.807) is 17.0 Å². The number of halogens is 2. The van der Waals surface area contributed by atoms with Gasteiger partial charge in [-0.3, -0.25) is 15.0 Å². The van der Waals surface area contributed by atoms with Gasteiger partial charge >= 0.3 is 0 Å². The molecule has 1 atom stereocenters. The fraction of sp³-hybridized carbons (Fsp3) is 0.238. The molecular weight excluding hydrogens is 408 g/mol. The van der Waals surface area contributed by atoms with Crippen LogP contribution in [0, 0.1) is 34.1 Å². The minimum Gasteiger partial charge on any atom is -0.382 e. The minimum absolute atomic E-state index is 0.0746. The molecule has 8 nitrogen and oxygen atoms in total. The van der Waals surface area contributed by atoms with E-state index >= 15 is 0 Å². The molecule has 0 radical (unpaired) electrons. The molecule has 2 aromatic carbocycles. The number of nitrogens with zero attached hydrogens (tertiary/aromatic N) is 5. The van der Waals surface area contributed by atoms with Crippen LogP contribution < -0.4 is 0 Å². The molecule has 3 rings (SSSR count). The van der Waals surface area contributed by atoms with E-state index in [-0.39, 0.29) is 37.4 Å². The van der Waals surface area contributed by atoms with E-state index in [0.29, 0.717) is 11.6 Å². The first-order valence-corrected chi connectivity index (χ1v) is 9.20. The molecule has 31 heavy (non-hydrogen) atoms. The van der Waals surface area contributed by atoms with Gasteiger partial charge in [0.2, 0.25) is 0 Å². The molecule has 160 valence electrons. The lowest BCUT2D eigenvalue weighted by molar-refractivity contribution is -0.384. The van der Waals surface area contributed by atoms with Gasteiger partial charge < -0.3 is 5.11 Å². The molecule has 0 amide bonds. The van der Waals surface area contributed by atoms with Crippen molar-refractivity contribution in [2.24, 2.45) is 0 Å². The highest BCUT2D eigenvalue weighted by atomic mass is 19.1. The van der Waals surface area contributed by atoms with Crippen LogP contribution in [0.15, 0.2) is 55.1 Å². The molecule has 0 saturated carbocycles. The third-order valence-corrected chi connectivity index (χ3v) is 4.65. The average Bonchev–Trinajstić information content (AvgIpc) is 3.20. The number of non-ortho nitro benzene ring substituents is 1. The van der Waals surface area contributed by atoms with Gasteiger partial charge in [0.15, 0.2) is 0 Å². The van der Waals surface area contributed by atoms with Crippen molar-refractivity contribution in [1.29, 1.82) is 0 Å². The number of terminal acetylenes is 1. The van der Waals surface area contributed by atoms with E-state index in [1.807, 2.05) is 0 Å². The third-order valence-electron chi connectivity index (χ3n) is 4.65. The van der Waals surface area contributed by atoms with Gasteiger partial charge in [-0.15, -0.1) is 6.42 Å². The molecule has 0 aliphatic carbocycles. The summed E-state index contributed by atoms with van der Waals surface area (Å²) in [7, 11) is 0. The van der Waals surface area contributed by atoms with E-state index in [2.05, 4.69) is 16.0 Å². The minimum atomic E-state index is -1.84. The number of benzene rings is 2.